The first-order chi connectivity index (χ1) is 14.2. The van der Waals surface area contributed by atoms with Gasteiger partial charge in [-0.15, -0.1) is 11.3 Å². The van der Waals surface area contributed by atoms with E-state index in [1.807, 2.05) is 13.0 Å². The summed E-state index contributed by atoms with van der Waals surface area (Å²) in [4.78, 5) is 13.6. The molecule has 1 heterocycles. The second-order valence-electron chi connectivity index (χ2n) is 6.54. The van der Waals surface area contributed by atoms with Crippen LogP contribution in [0, 0.1) is 0 Å². The van der Waals surface area contributed by atoms with Gasteiger partial charge >= 0.3 is 0 Å². The Morgan fingerprint density at radius 3 is 2.43 bits per heavy atom. The highest BCUT2D eigenvalue weighted by Crippen LogP contribution is 2.27. The molecule has 1 aromatic heterocycles. The summed E-state index contributed by atoms with van der Waals surface area (Å²) in [6, 6.07) is 16.0. The van der Waals surface area contributed by atoms with E-state index >= 15 is 0 Å². The zero-order valence-electron chi connectivity index (χ0n) is 16.6. The molecule has 9 heteroatoms. The molecular weight excluding hydrogens is 444 g/mol. The smallest absolute Gasteiger partial charge is 0.264 e. The van der Waals surface area contributed by atoms with E-state index in [2.05, 4.69) is 5.32 Å². The molecular formula is C21H21ClN2O4S2. The van der Waals surface area contributed by atoms with Crippen molar-refractivity contribution in [2.75, 3.05) is 18.5 Å². The molecule has 1 N–H and O–H groups in total. The van der Waals surface area contributed by atoms with Crippen molar-refractivity contribution in [3.8, 4) is 5.75 Å². The minimum atomic E-state index is -3.85. The molecule has 0 saturated heterocycles. The molecule has 1 amide bonds. The van der Waals surface area contributed by atoms with Crippen LogP contribution in [0.3, 0.4) is 0 Å². The van der Waals surface area contributed by atoms with Gasteiger partial charge in [-0.3, -0.25) is 9.10 Å². The lowest BCUT2D eigenvalue weighted by Crippen LogP contribution is -2.28. The van der Waals surface area contributed by atoms with Gasteiger partial charge in [0.05, 0.1) is 28.1 Å². The number of carbonyl (C=O) groups excluding carboxylic acids is 1. The molecule has 0 spiro atoms. The van der Waals surface area contributed by atoms with Crippen LogP contribution in [0.4, 0.5) is 5.69 Å². The molecule has 6 nitrogen and oxygen atoms in total. The first-order valence-corrected chi connectivity index (χ1v) is 11.6. The fourth-order valence-corrected chi connectivity index (χ4v) is 5.10. The number of nitrogens with one attached hydrogen (secondary N) is 1. The fraction of sp³-hybridized carbons (Fsp3) is 0.190. The highest BCUT2D eigenvalue weighted by atomic mass is 35.5. The maximum absolute atomic E-state index is 13.1. The molecule has 0 aliphatic carbocycles. The number of sulfonamides is 1. The van der Waals surface area contributed by atoms with Crippen LogP contribution in [-0.4, -0.2) is 28.5 Å². The van der Waals surface area contributed by atoms with Crippen molar-refractivity contribution in [3.05, 3.63) is 75.4 Å². The van der Waals surface area contributed by atoms with E-state index in [0.717, 1.165) is 4.88 Å². The molecule has 0 aliphatic rings. The number of methoxy groups -OCH3 is 1. The van der Waals surface area contributed by atoms with Gasteiger partial charge in [-0.2, -0.15) is 0 Å². The van der Waals surface area contributed by atoms with Gasteiger partial charge in [0.25, 0.3) is 15.9 Å². The molecule has 3 rings (SSSR count). The van der Waals surface area contributed by atoms with Crippen LogP contribution in [0.25, 0.3) is 0 Å². The third-order valence-electron chi connectivity index (χ3n) is 4.56. The number of hydrogen-bond donors (Lipinski definition) is 1. The zero-order chi connectivity index (χ0) is 21.9. The summed E-state index contributed by atoms with van der Waals surface area (Å²) in [5, 5.41) is 2.87. The first kappa shape index (κ1) is 22.1. The maximum atomic E-state index is 13.1. The standard InChI is InChI=1S/C21H21ClN2O4S2/c1-14(19-11-12-20(22)29-19)23-21(25)15-5-4-6-18(13-15)30(26,27)24(2)16-7-9-17(28-3)10-8-16/h4-14H,1-3H3,(H,23,25). The second-order valence-corrected chi connectivity index (χ2v) is 10.3. The van der Waals surface area contributed by atoms with Crippen LogP contribution in [-0.2, 0) is 10.0 Å². The third-order valence-corrected chi connectivity index (χ3v) is 7.75. The Kier molecular flexibility index (Phi) is 6.70. The first-order valence-electron chi connectivity index (χ1n) is 9.01. The van der Waals surface area contributed by atoms with Crippen molar-refractivity contribution in [1.82, 2.24) is 5.32 Å². The normalized spacial score (nSPS) is 12.3. The molecule has 0 saturated carbocycles. The SMILES string of the molecule is COc1ccc(N(C)S(=O)(=O)c2cccc(C(=O)NC(C)c3ccc(Cl)s3)c2)cc1. The summed E-state index contributed by atoms with van der Waals surface area (Å²) < 4.78 is 33.0. The lowest BCUT2D eigenvalue weighted by atomic mass is 10.2. The Bertz CT molecular complexity index is 1140. The van der Waals surface area contributed by atoms with Gasteiger partial charge in [-0.1, -0.05) is 17.7 Å². The van der Waals surface area contributed by atoms with Crippen LogP contribution in [0.5, 0.6) is 5.75 Å². The minimum absolute atomic E-state index is 0.0280. The number of halogens is 1. The molecule has 158 valence electrons. The average molecular weight is 465 g/mol. The predicted octanol–water partition coefficient (Wildman–Crippen LogP) is 4.73. The van der Waals surface area contributed by atoms with E-state index in [0.29, 0.717) is 15.8 Å². The van der Waals surface area contributed by atoms with Crippen molar-refractivity contribution >= 4 is 44.6 Å². The monoisotopic (exact) mass is 464 g/mol. The number of amides is 1. The zero-order valence-corrected chi connectivity index (χ0v) is 19.0. The molecule has 30 heavy (non-hydrogen) atoms. The molecule has 2 aromatic carbocycles. The van der Waals surface area contributed by atoms with Crippen molar-refractivity contribution in [2.45, 2.75) is 17.9 Å². The Hall–Kier alpha value is -2.55. The van der Waals surface area contributed by atoms with E-state index < -0.39 is 10.0 Å². The summed E-state index contributed by atoms with van der Waals surface area (Å²) >= 11 is 7.34. The number of benzene rings is 2. The lowest BCUT2D eigenvalue weighted by molar-refractivity contribution is 0.0940. The third kappa shape index (κ3) is 4.77. The molecule has 0 bridgehead atoms. The van der Waals surface area contributed by atoms with Crippen LogP contribution >= 0.6 is 22.9 Å². The largest absolute Gasteiger partial charge is 0.497 e. The number of rotatable bonds is 7. The summed E-state index contributed by atoms with van der Waals surface area (Å²) in [5.74, 6) is 0.264. The topological polar surface area (TPSA) is 75.7 Å². The Morgan fingerprint density at radius 2 is 1.83 bits per heavy atom. The Balaban J connectivity index is 1.81. The van der Waals surface area contributed by atoms with Crippen LogP contribution in [0.2, 0.25) is 4.34 Å². The number of ether oxygens (including phenoxy) is 1. The lowest BCUT2D eigenvalue weighted by Gasteiger charge is -2.20. The molecule has 0 aliphatic heterocycles. The van der Waals surface area contributed by atoms with Gasteiger partial charge in [0.1, 0.15) is 5.75 Å². The number of nitrogens with zero attached hydrogens (tertiary/aromatic N) is 1. The van der Waals surface area contributed by atoms with E-state index in [9.17, 15) is 13.2 Å². The number of carbonyl (C=O) groups is 1. The van der Waals surface area contributed by atoms with E-state index in [1.54, 1.807) is 49.6 Å². The summed E-state index contributed by atoms with van der Waals surface area (Å²) in [7, 11) is -0.841. The fourth-order valence-electron chi connectivity index (χ4n) is 2.80. The highest BCUT2D eigenvalue weighted by Gasteiger charge is 2.23. The van der Waals surface area contributed by atoms with Gasteiger partial charge in [0.2, 0.25) is 0 Å². The molecule has 1 atom stereocenters. The number of thiophene rings is 1. The van der Waals surface area contributed by atoms with Crippen LogP contribution < -0.4 is 14.4 Å². The van der Waals surface area contributed by atoms with Crippen molar-refractivity contribution in [2.24, 2.45) is 0 Å². The number of anilines is 1. The predicted molar refractivity (Wildman–Crippen MR) is 120 cm³/mol. The van der Waals surface area contributed by atoms with Gasteiger partial charge < -0.3 is 10.1 Å². The van der Waals surface area contributed by atoms with Gasteiger partial charge in [-0.05, 0) is 61.5 Å². The van der Waals surface area contributed by atoms with E-state index in [-0.39, 0.29) is 22.4 Å². The molecule has 0 fully saturated rings. The van der Waals surface area contributed by atoms with Gasteiger partial charge in [-0.25, -0.2) is 8.42 Å². The molecule has 0 radical (unpaired) electrons. The Labute approximate surface area is 185 Å². The Morgan fingerprint density at radius 1 is 1.13 bits per heavy atom. The van der Waals surface area contributed by atoms with E-state index in [4.69, 9.17) is 16.3 Å². The second kappa shape index (κ2) is 9.07. The molecule has 3 aromatic rings. The maximum Gasteiger partial charge on any atom is 0.264 e. The van der Waals surface area contributed by atoms with Gasteiger partial charge in [0.15, 0.2) is 0 Å². The summed E-state index contributed by atoms with van der Waals surface area (Å²) in [5.41, 5.74) is 0.738. The number of hydrogen-bond acceptors (Lipinski definition) is 5. The average Bonchev–Trinajstić information content (AvgIpc) is 3.19. The van der Waals surface area contributed by atoms with Crippen LogP contribution in [0.1, 0.15) is 28.2 Å². The molecule has 1 unspecified atom stereocenters. The van der Waals surface area contributed by atoms with Crippen molar-refractivity contribution in [3.63, 3.8) is 0 Å². The van der Waals surface area contributed by atoms with Gasteiger partial charge in [0, 0.05) is 17.5 Å². The minimum Gasteiger partial charge on any atom is -0.497 e. The quantitative estimate of drug-likeness (QED) is 0.548. The van der Waals surface area contributed by atoms with Crippen molar-refractivity contribution < 1.29 is 17.9 Å². The summed E-state index contributed by atoms with van der Waals surface area (Å²) in [6.07, 6.45) is 0. The van der Waals surface area contributed by atoms with E-state index in [1.165, 1.54) is 34.8 Å². The van der Waals surface area contributed by atoms with Crippen molar-refractivity contribution in [1.29, 1.82) is 0 Å². The van der Waals surface area contributed by atoms with Crippen LogP contribution in [0.15, 0.2) is 65.6 Å². The highest BCUT2D eigenvalue weighted by molar-refractivity contribution is 7.92. The summed E-state index contributed by atoms with van der Waals surface area (Å²) in [6.45, 7) is 1.85.